The minimum atomic E-state index is -0.991. The predicted molar refractivity (Wildman–Crippen MR) is 210 cm³/mol. The van der Waals surface area contributed by atoms with Crippen LogP contribution in [0.5, 0.6) is 0 Å². The van der Waals surface area contributed by atoms with Gasteiger partial charge in [0.2, 0.25) is 5.91 Å². The zero-order valence-corrected chi connectivity index (χ0v) is 33.4. The fourth-order valence-corrected chi connectivity index (χ4v) is 6.79. The summed E-state index contributed by atoms with van der Waals surface area (Å²) in [5.74, 6) is -0.323. The van der Waals surface area contributed by atoms with Gasteiger partial charge in [-0.25, -0.2) is 4.68 Å². The number of amides is 1. The largest absolute Gasteiger partial charge is 0.462 e. The van der Waals surface area contributed by atoms with E-state index in [-0.39, 0.29) is 36.7 Å². The van der Waals surface area contributed by atoms with Crippen molar-refractivity contribution >= 4 is 35.4 Å². The van der Waals surface area contributed by atoms with Crippen LogP contribution >= 0.6 is 11.8 Å². The first kappa shape index (κ1) is 47.8. The number of aliphatic hydroxyl groups is 2. The fraction of sp³-hybridized carbons (Fsp3) is 0.872. The van der Waals surface area contributed by atoms with Crippen LogP contribution in [0.1, 0.15) is 168 Å². The van der Waals surface area contributed by atoms with Gasteiger partial charge in [-0.2, -0.15) is 11.8 Å². The van der Waals surface area contributed by atoms with Crippen LogP contribution in [0.15, 0.2) is 6.20 Å². The van der Waals surface area contributed by atoms with E-state index in [9.17, 15) is 19.5 Å². The SMILES string of the molecule is CCCCCCCCCCCCCC(=O)OC[C@H](CSC[C@@H](N)C(=O)Nc1cn(C[C@@H](O)CO)nn1)OC(=O)CCCCCCCCCCCCC. The molecule has 0 fully saturated rings. The Balaban J connectivity index is 2.43. The van der Waals surface area contributed by atoms with Gasteiger partial charge < -0.3 is 30.7 Å². The van der Waals surface area contributed by atoms with Gasteiger partial charge in [0.15, 0.2) is 5.82 Å². The second-order valence-corrected chi connectivity index (χ2v) is 15.2. The van der Waals surface area contributed by atoms with Crippen molar-refractivity contribution in [3.63, 3.8) is 0 Å². The number of ether oxygens (including phenoxy) is 2. The molecule has 12 nitrogen and oxygen atoms in total. The number of unbranched alkanes of at least 4 members (excludes halogenated alkanes) is 20. The minimum Gasteiger partial charge on any atom is -0.462 e. The molecule has 1 heterocycles. The van der Waals surface area contributed by atoms with Gasteiger partial charge in [0.05, 0.1) is 31.5 Å². The Labute approximate surface area is 318 Å². The molecule has 1 amide bonds. The average molecular weight is 756 g/mol. The predicted octanol–water partition coefficient (Wildman–Crippen LogP) is 7.49. The molecule has 0 spiro atoms. The standard InChI is InChI=1S/C39H73N5O7S/c1-3-5-7-9-11-13-15-17-19-21-23-25-37(47)50-30-34(51-38(48)26-24-22-20-18-16-14-12-10-8-6-4-2)31-52-32-35(40)39(49)41-36-28-44(43-42-36)27-33(46)29-45/h28,33-35,45-46H,3-27,29-32,40H2,1-2H3,(H,41,49)/t33-,34-,35-/m1/s1. The summed E-state index contributed by atoms with van der Waals surface area (Å²) in [5.41, 5.74) is 6.11. The third-order valence-electron chi connectivity index (χ3n) is 9.03. The highest BCUT2D eigenvalue weighted by Crippen LogP contribution is 2.16. The first-order chi connectivity index (χ1) is 25.3. The molecule has 5 N–H and O–H groups in total. The Hall–Kier alpha value is -2.22. The maximum Gasteiger partial charge on any atom is 0.306 e. The Morgan fingerprint density at radius 3 is 1.75 bits per heavy atom. The molecule has 0 saturated carbocycles. The van der Waals surface area contributed by atoms with Crippen molar-refractivity contribution in [3.05, 3.63) is 6.20 Å². The third kappa shape index (κ3) is 27.4. The van der Waals surface area contributed by atoms with E-state index >= 15 is 0 Å². The number of aliphatic hydroxyl groups excluding tert-OH is 2. The van der Waals surface area contributed by atoms with E-state index in [1.54, 1.807) is 0 Å². The third-order valence-corrected chi connectivity index (χ3v) is 10.2. The van der Waals surface area contributed by atoms with Crippen molar-refractivity contribution in [1.82, 2.24) is 15.0 Å². The van der Waals surface area contributed by atoms with Gasteiger partial charge in [-0.15, -0.1) is 5.10 Å². The highest BCUT2D eigenvalue weighted by molar-refractivity contribution is 7.99. The average Bonchev–Trinajstić information content (AvgIpc) is 3.57. The lowest BCUT2D eigenvalue weighted by atomic mass is 10.1. The number of nitrogens with two attached hydrogens (primary N) is 1. The lowest BCUT2D eigenvalue weighted by molar-refractivity contribution is -0.157. The molecule has 13 heteroatoms. The summed E-state index contributed by atoms with van der Waals surface area (Å²) < 4.78 is 12.6. The maximum absolute atomic E-state index is 12.7. The summed E-state index contributed by atoms with van der Waals surface area (Å²) in [6.45, 7) is 4.06. The summed E-state index contributed by atoms with van der Waals surface area (Å²) in [6, 6.07) is -0.880. The van der Waals surface area contributed by atoms with Crippen molar-refractivity contribution in [2.24, 2.45) is 5.73 Å². The maximum atomic E-state index is 12.7. The molecule has 0 aliphatic rings. The van der Waals surface area contributed by atoms with Crippen molar-refractivity contribution in [1.29, 1.82) is 0 Å². The molecule has 0 aliphatic carbocycles. The smallest absolute Gasteiger partial charge is 0.306 e. The van der Waals surface area contributed by atoms with Crippen molar-refractivity contribution < 1.29 is 34.1 Å². The number of esters is 2. The van der Waals surface area contributed by atoms with Crippen LogP contribution in [0.2, 0.25) is 0 Å². The lowest BCUT2D eigenvalue weighted by Crippen LogP contribution is -2.38. The monoisotopic (exact) mass is 756 g/mol. The normalized spacial score (nSPS) is 13.1. The lowest BCUT2D eigenvalue weighted by Gasteiger charge is -2.19. The highest BCUT2D eigenvalue weighted by atomic mass is 32.2. The second-order valence-electron chi connectivity index (χ2n) is 14.2. The molecule has 0 bridgehead atoms. The van der Waals surface area contributed by atoms with E-state index in [4.69, 9.17) is 20.3 Å². The highest BCUT2D eigenvalue weighted by Gasteiger charge is 2.20. The summed E-state index contributed by atoms with van der Waals surface area (Å²) in [4.78, 5) is 37.9. The van der Waals surface area contributed by atoms with E-state index in [1.807, 2.05) is 0 Å². The van der Waals surface area contributed by atoms with Crippen LogP contribution in [-0.2, 0) is 30.4 Å². The zero-order valence-electron chi connectivity index (χ0n) is 32.6. The topological polar surface area (TPSA) is 179 Å². The molecule has 52 heavy (non-hydrogen) atoms. The number of nitrogens with one attached hydrogen (secondary N) is 1. The first-order valence-electron chi connectivity index (χ1n) is 20.5. The van der Waals surface area contributed by atoms with Crippen molar-refractivity contribution in [2.75, 3.05) is 30.0 Å². The van der Waals surface area contributed by atoms with Crippen LogP contribution in [-0.4, -0.2) is 86.0 Å². The molecule has 0 aromatic carbocycles. The minimum absolute atomic E-state index is 0.0297. The summed E-state index contributed by atoms with van der Waals surface area (Å²) in [5, 5.41) is 28.8. The molecular weight excluding hydrogens is 683 g/mol. The number of aromatic nitrogens is 3. The number of anilines is 1. The Kier molecular flexibility index (Phi) is 30.7. The summed E-state index contributed by atoms with van der Waals surface area (Å²) in [7, 11) is 0. The van der Waals surface area contributed by atoms with Gasteiger partial charge in [-0.3, -0.25) is 14.4 Å². The number of rotatable bonds is 36. The fourth-order valence-electron chi connectivity index (χ4n) is 5.83. The van der Waals surface area contributed by atoms with E-state index in [2.05, 4.69) is 29.5 Å². The Bertz CT molecular complexity index is 1030. The number of carbonyl (C=O) groups is 3. The van der Waals surface area contributed by atoms with E-state index in [0.29, 0.717) is 18.6 Å². The van der Waals surface area contributed by atoms with Crippen molar-refractivity contribution in [3.8, 4) is 0 Å². The molecule has 0 radical (unpaired) electrons. The van der Waals surface area contributed by atoms with Gasteiger partial charge in [0.25, 0.3) is 0 Å². The zero-order chi connectivity index (χ0) is 38.1. The molecule has 0 unspecified atom stereocenters. The van der Waals surface area contributed by atoms with Crippen LogP contribution < -0.4 is 11.1 Å². The van der Waals surface area contributed by atoms with E-state index < -0.39 is 30.8 Å². The Morgan fingerprint density at radius 1 is 0.769 bits per heavy atom. The van der Waals surface area contributed by atoms with Gasteiger partial charge in [-0.05, 0) is 12.8 Å². The molecule has 0 saturated heterocycles. The molecule has 1 aromatic rings. The molecule has 0 aliphatic heterocycles. The Morgan fingerprint density at radius 2 is 1.25 bits per heavy atom. The number of carbonyl (C=O) groups excluding carboxylic acids is 3. The van der Waals surface area contributed by atoms with Gasteiger partial charge >= 0.3 is 11.9 Å². The quantitative estimate of drug-likeness (QED) is 0.0394. The molecular formula is C39H73N5O7S. The van der Waals surface area contributed by atoms with Crippen molar-refractivity contribution in [2.45, 2.75) is 193 Å². The van der Waals surface area contributed by atoms with Gasteiger partial charge in [0.1, 0.15) is 12.7 Å². The molecule has 1 aromatic heterocycles. The van der Waals surface area contributed by atoms with Crippen LogP contribution in [0.3, 0.4) is 0 Å². The van der Waals surface area contributed by atoms with Crippen LogP contribution in [0, 0.1) is 0 Å². The second kappa shape index (κ2) is 33.4. The van der Waals surface area contributed by atoms with Crippen LogP contribution in [0.4, 0.5) is 5.82 Å². The van der Waals surface area contributed by atoms with E-state index in [0.717, 1.165) is 38.5 Å². The molecule has 1 rings (SSSR count). The van der Waals surface area contributed by atoms with Gasteiger partial charge in [-0.1, -0.05) is 147 Å². The summed E-state index contributed by atoms with van der Waals surface area (Å²) in [6.07, 6.45) is 26.9. The summed E-state index contributed by atoms with van der Waals surface area (Å²) >= 11 is 1.34. The molecule has 3 atom stereocenters. The van der Waals surface area contributed by atoms with Crippen LogP contribution in [0.25, 0.3) is 0 Å². The number of hydrogen-bond acceptors (Lipinski definition) is 11. The number of nitrogens with zero attached hydrogens (tertiary/aromatic N) is 3. The van der Waals surface area contributed by atoms with Gasteiger partial charge in [0, 0.05) is 24.3 Å². The molecule has 302 valence electrons. The van der Waals surface area contributed by atoms with E-state index in [1.165, 1.54) is 125 Å². The number of hydrogen-bond donors (Lipinski definition) is 4. The number of thioether (sulfide) groups is 1. The first-order valence-corrected chi connectivity index (χ1v) is 21.6.